The van der Waals surface area contributed by atoms with Gasteiger partial charge in [0.25, 0.3) is 0 Å². The number of ether oxygens (including phenoxy) is 2. The summed E-state index contributed by atoms with van der Waals surface area (Å²) in [6, 6.07) is 6.34. The predicted octanol–water partition coefficient (Wildman–Crippen LogP) is 0.641. The van der Waals surface area contributed by atoms with Crippen LogP contribution >= 0.6 is 0 Å². The Hall–Kier alpha value is -1.75. The molecule has 0 amide bonds. The maximum atomic E-state index is 11.3. The Kier molecular flexibility index (Phi) is 4.60. The molecule has 0 saturated carbocycles. The minimum absolute atomic E-state index is 0.343. The average Bonchev–Trinajstić information content (AvgIpc) is 2.35. The number of hydrogen-bond acceptors (Lipinski definition) is 5. The Morgan fingerprint density at radius 1 is 1.44 bits per heavy atom. The van der Waals surface area contributed by atoms with Gasteiger partial charge in [0.15, 0.2) is 0 Å². The Labute approximate surface area is 94.0 Å². The van der Waals surface area contributed by atoms with E-state index < -0.39 is 12.0 Å². The van der Waals surface area contributed by atoms with Gasteiger partial charge in [0.05, 0.1) is 26.5 Å². The molecule has 0 spiro atoms. The zero-order valence-corrected chi connectivity index (χ0v) is 9.27. The van der Waals surface area contributed by atoms with Crippen LogP contribution in [0.3, 0.4) is 0 Å². The Morgan fingerprint density at radius 3 is 2.69 bits per heavy atom. The van der Waals surface area contributed by atoms with Crippen molar-refractivity contribution >= 4 is 11.7 Å². The zero-order chi connectivity index (χ0) is 12.0. The first kappa shape index (κ1) is 12.3. The van der Waals surface area contributed by atoms with Crippen LogP contribution in [0.1, 0.15) is 0 Å². The maximum Gasteiger partial charge on any atom is 0.330 e. The molecule has 5 heteroatoms. The number of benzene rings is 1. The first-order valence-electron chi connectivity index (χ1n) is 4.81. The molecule has 0 aromatic heterocycles. The SMILES string of the molecule is COC(=O)C(CO)Nc1ccccc1OC. The summed E-state index contributed by atoms with van der Waals surface area (Å²) in [6.45, 7) is -0.343. The van der Waals surface area contributed by atoms with E-state index in [1.807, 2.05) is 6.07 Å². The van der Waals surface area contributed by atoms with Gasteiger partial charge in [-0.15, -0.1) is 0 Å². The number of carbonyl (C=O) groups excluding carboxylic acids is 1. The van der Waals surface area contributed by atoms with E-state index in [9.17, 15) is 4.79 Å². The van der Waals surface area contributed by atoms with Gasteiger partial charge in [0, 0.05) is 0 Å². The molecule has 88 valence electrons. The van der Waals surface area contributed by atoms with Crippen LogP contribution in [0, 0.1) is 0 Å². The number of rotatable bonds is 5. The Balaban J connectivity index is 2.81. The number of anilines is 1. The van der Waals surface area contributed by atoms with Gasteiger partial charge in [-0.25, -0.2) is 4.79 Å². The maximum absolute atomic E-state index is 11.3. The quantitative estimate of drug-likeness (QED) is 0.720. The third-order valence-corrected chi connectivity index (χ3v) is 2.10. The second-order valence-corrected chi connectivity index (χ2v) is 3.10. The minimum Gasteiger partial charge on any atom is -0.495 e. The molecule has 0 radical (unpaired) electrons. The summed E-state index contributed by atoms with van der Waals surface area (Å²) in [5.74, 6) is 0.0817. The lowest BCUT2D eigenvalue weighted by molar-refractivity contribution is -0.142. The molecule has 1 aromatic rings. The second-order valence-electron chi connectivity index (χ2n) is 3.10. The van der Waals surface area contributed by atoms with Crippen LogP contribution in [0.15, 0.2) is 24.3 Å². The molecule has 1 atom stereocenters. The lowest BCUT2D eigenvalue weighted by Crippen LogP contribution is -2.34. The smallest absolute Gasteiger partial charge is 0.330 e. The lowest BCUT2D eigenvalue weighted by Gasteiger charge is -2.17. The highest BCUT2D eigenvalue weighted by Gasteiger charge is 2.18. The van der Waals surface area contributed by atoms with Gasteiger partial charge in [-0.2, -0.15) is 0 Å². The van der Waals surface area contributed by atoms with Crippen molar-refractivity contribution in [3.05, 3.63) is 24.3 Å². The zero-order valence-electron chi connectivity index (χ0n) is 9.27. The van der Waals surface area contributed by atoms with Crippen molar-refractivity contribution in [2.75, 3.05) is 26.1 Å². The molecule has 1 aromatic carbocycles. The van der Waals surface area contributed by atoms with Crippen LogP contribution in [-0.2, 0) is 9.53 Å². The van der Waals surface area contributed by atoms with E-state index in [1.165, 1.54) is 14.2 Å². The number of aliphatic hydroxyl groups is 1. The fourth-order valence-electron chi connectivity index (χ4n) is 1.27. The molecule has 5 nitrogen and oxygen atoms in total. The molecule has 0 saturated heterocycles. The van der Waals surface area contributed by atoms with Crippen molar-refractivity contribution < 1.29 is 19.4 Å². The van der Waals surface area contributed by atoms with Gasteiger partial charge in [-0.3, -0.25) is 0 Å². The van der Waals surface area contributed by atoms with Crippen LogP contribution < -0.4 is 10.1 Å². The van der Waals surface area contributed by atoms with E-state index in [1.54, 1.807) is 18.2 Å². The first-order chi connectivity index (χ1) is 7.72. The fraction of sp³-hybridized carbons (Fsp3) is 0.364. The summed E-state index contributed by atoms with van der Waals surface area (Å²) in [4.78, 5) is 11.3. The first-order valence-corrected chi connectivity index (χ1v) is 4.81. The molecule has 0 bridgehead atoms. The van der Waals surface area contributed by atoms with Crippen LogP contribution in [0.2, 0.25) is 0 Å². The van der Waals surface area contributed by atoms with Gasteiger partial charge < -0.3 is 19.9 Å². The summed E-state index contributed by atoms with van der Waals surface area (Å²) >= 11 is 0. The number of nitrogens with one attached hydrogen (secondary N) is 1. The standard InChI is InChI=1S/C11H15NO4/c1-15-10-6-4-3-5-8(10)12-9(7-13)11(14)16-2/h3-6,9,12-13H,7H2,1-2H3. The average molecular weight is 225 g/mol. The number of hydrogen-bond donors (Lipinski definition) is 2. The summed E-state index contributed by atoms with van der Waals surface area (Å²) in [5, 5.41) is 11.9. The molecular weight excluding hydrogens is 210 g/mol. The van der Waals surface area contributed by atoms with Gasteiger partial charge in [-0.1, -0.05) is 12.1 Å². The van der Waals surface area contributed by atoms with Gasteiger partial charge >= 0.3 is 5.97 Å². The van der Waals surface area contributed by atoms with Gasteiger partial charge in [-0.05, 0) is 12.1 Å². The molecule has 0 heterocycles. The lowest BCUT2D eigenvalue weighted by atomic mass is 10.2. The van der Waals surface area contributed by atoms with Crippen LogP contribution in [0.25, 0.3) is 0 Å². The molecule has 1 unspecified atom stereocenters. The van der Waals surface area contributed by atoms with Gasteiger partial charge in [0.2, 0.25) is 0 Å². The molecule has 0 aliphatic rings. The number of para-hydroxylation sites is 2. The summed E-state index contributed by atoms with van der Waals surface area (Å²) in [5.41, 5.74) is 0.634. The Morgan fingerprint density at radius 2 is 2.12 bits per heavy atom. The normalized spacial score (nSPS) is 11.7. The van der Waals surface area contributed by atoms with Crippen molar-refractivity contribution in [3.8, 4) is 5.75 Å². The van der Waals surface area contributed by atoms with Crippen molar-refractivity contribution in [2.24, 2.45) is 0 Å². The highest BCUT2D eigenvalue weighted by atomic mass is 16.5. The largest absolute Gasteiger partial charge is 0.495 e. The second kappa shape index (κ2) is 5.97. The molecule has 0 aliphatic carbocycles. The number of esters is 1. The van der Waals surface area contributed by atoms with Crippen LogP contribution in [0.5, 0.6) is 5.75 Å². The summed E-state index contributed by atoms with van der Waals surface area (Å²) in [6.07, 6.45) is 0. The Bertz CT molecular complexity index is 354. The third kappa shape index (κ3) is 2.87. The summed E-state index contributed by atoms with van der Waals surface area (Å²) in [7, 11) is 2.81. The number of carbonyl (C=O) groups is 1. The van der Waals surface area contributed by atoms with Crippen molar-refractivity contribution in [1.82, 2.24) is 0 Å². The van der Waals surface area contributed by atoms with Crippen molar-refractivity contribution in [2.45, 2.75) is 6.04 Å². The molecule has 1 rings (SSSR count). The monoisotopic (exact) mass is 225 g/mol. The van der Waals surface area contributed by atoms with Crippen LogP contribution in [-0.4, -0.2) is 37.9 Å². The molecule has 0 fully saturated rings. The van der Waals surface area contributed by atoms with Gasteiger partial charge in [0.1, 0.15) is 11.8 Å². The summed E-state index contributed by atoms with van der Waals surface area (Å²) < 4.78 is 9.65. The molecule has 16 heavy (non-hydrogen) atoms. The highest BCUT2D eigenvalue weighted by molar-refractivity contribution is 5.80. The molecule has 0 aliphatic heterocycles. The van der Waals surface area contributed by atoms with Crippen LogP contribution in [0.4, 0.5) is 5.69 Å². The van der Waals surface area contributed by atoms with E-state index in [0.717, 1.165) is 0 Å². The highest BCUT2D eigenvalue weighted by Crippen LogP contribution is 2.23. The number of aliphatic hydroxyl groups excluding tert-OH is 1. The predicted molar refractivity (Wildman–Crippen MR) is 59.5 cm³/mol. The van der Waals surface area contributed by atoms with E-state index >= 15 is 0 Å². The van der Waals surface area contributed by atoms with E-state index in [4.69, 9.17) is 9.84 Å². The van der Waals surface area contributed by atoms with E-state index in [2.05, 4.69) is 10.1 Å². The van der Waals surface area contributed by atoms with E-state index in [-0.39, 0.29) is 6.61 Å². The molecular formula is C11H15NO4. The number of methoxy groups -OCH3 is 2. The van der Waals surface area contributed by atoms with Crippen molar-refractivity contribution in [3.63, 3.8) is 0 Å². The van der Waals surface area contributed by atoms with E-state index in [0.29, 0.717) is 11.4 Å². The minimum atomic E-state index is -0.790. The fourth-order valence-corrected chi connectivity index (χ4v) is 1.27. The molecule has 2 N–H and O–H groups in total. The van der Waals surface area contributed by atoms with Crippen molar-refractivity contribution in [1.29, 1.82) is 0 Å². The third-order valence-electron chi connectivity index (χ3n) is 2.10. The topological polar surface area (TPSA) is 67.8 Å².